The Kier molecular flexibility index (Phi) is 6.16. The van der Waals surface area contributed by atoms with Crippen LogP contribution in [-0.2, 0) is 25.6 Å². The lowest BCUT2D eigenvalue weighted by Crippen LogP contribution is -2.46. The second kappa shape index (κ2) is 8.90. The molecular weight excluding hydrogens is 433 g/mol. The fourth-order valence-electron chi connectivity index (χ4n) is 4.14. The van der Waals surface area contributed by atoms with E-state index in [1.54, 1.807) is 12.1 Å². The molecule has 1 aromatic heterocycles. The monoisotopic (exact) mass is 458 g/mol. The van der Waals surface area contributed by atoms with E-state index in [2.05, 4.69) is 27.3 Å². The van der Waals surface area contributed by atoms with E-state index in [9.17, 15) is 23.1 Å². The van der Waals surface area contributed by atoms with Crippen LogP contribution in [0.15, 0.2) is 60.9 Å². The third-order valence-electron chi connectivity index (χ3n) is 6.06. The first kappa shape index (κ1) is 22.8. The van der Waals surface area contributed by atoms with Gasteiger partial charge in [-0.15, -0.1) is 0 Å². The number of aryl methyl sites for hydroxylation is 1. The molecule has 3 aromatic rings. The minimum absolute atomic E-state index is 0.337. The maximum Gasteiger partial charge on any atom is 0.424 e. The van der Waals surface area contributed by atoms with Gasteiger partial charge in [0.1, 0.15) is 5.82 Å². The number of alkyl halides is 3. The maximum absolute atomic E-state index is 13.6. The molecule has 2 N–H and O–H groups in total. The lowest BCUT2D eigenvalue weighted by molar-refractivity contribution is -0.272. The average molecular weight is 458 g/mol. The average Bonchev–Trinajstić information content (AvgIpc) is 3.24. The summed E-state index contributed by atoms with van der Waals surface area (Å²) in [6, 6.07) is 15.3. The highest BCUT2D eigenvalue weighted by atomic mass is 19.4. The van der Waals surface area contributed by atoms with E-state index >= 15 is 0 Å². The number of aliphatic hydroxyl groups is 1. The number of nitrogens with one attached hydrogen (secondary N) is 1. The summed E-state index contributed by atoms with van der Waals surface area (Å²) in [5.74, 6) is -1.02. The zero-order valence-electron chi connectivity index (χ0n) is 18.1. The first-order valence-electron chi connectivity index (χ1n) is 10.7. The number of halogens is 3. The Morgan fingerprint density at radius 1 is 1.12 bits per heavy atom. The number of hydrogen-bond donors (Lipinski definition) is 2. The van der Waals surface area contributed by atoms with E-state index in [1.165, 1.54) is 30.6 Å². The number of anilines is 1. The summed E-state index contributed by atoms with van der Waals surface area (Å²) in [6.07, 6.45) is -2.24. The molecule has 174 valence electrons. The molecule has 6 nitrogen and oxygen atoms in total. The molecule has 2 heterocycles. The third-order valence-corrected chi connectivity index (χ3v) is 6.06. The molecule has 0 bridgehead atoms. The van der Waals surface area contributed by atoms with E-state index in [0.717, 1.165) is 29.8 Å². The van der Waals surface area contributed by atoms with Gasteiger partial charge in [-0.05, 0) is 41.8 Å². The molecule has 0 saturated heterocycles. The van der Waals surface area contributed by atoms with Crippen molar-refractivity contribution < 1.29 is 23.1 Å². The molecule has 1 amide bonds. The fraction of sp³-hybridized carbons (Fsp3) is 0.333. The van der Waals surface area contributed by atoms with E-state index in [1.807, 2.05) is 24.3 Å². The van der Waals surface area contributed by atoms with Gasteiger partial charge >= 0.3 is 6.18 Å². The van der Waals surface area contributed by atoms with Crippen molar-refractivity contribution in [2.45, 2.75) is 31.2 Å². The van der Waals surface area contributed by atoms with Crippen molar-refractivity contribution in [3.63, 3.8) is 0 Å². The number of carbonyl (C=O) groups is 1. The van der Waals surface area contributed by atoms with E-state index in [4.69, 9.17) is 0 Å². The standard InChI is InChI=1S/C24H25F3N4O2/c1-30-15-13-29-22(30)23(33,24(25,26)27)11-12-28-21(32)18-6-8-20(9-7-18)31-14-10-17-4-2-3-5-19(17)16-31/h2-9,13,15,33H,10-12,14,16H2,1H3,(H,28,32). The summed E-state index contributed by atoms with van der Waals surface area (Å²) >= 11 is 0. The zero-order chi connectivity index (χ0) is 23.6. The summed E-state index contributed by atoms with van der Waals surface area (Å²) in [5, 5.41) is 12.8. The number of rotatable bonds is 6. The van der Waals surface area contributed by atoms with E-state index < -0.39 is 29.9 Å². The van der Waals surface area contributed by atoms with Gasteiger partial charge in [0.25, 0.3) is 5.91 Å². The van der Waals surface area contributed by atoms with Crippen molar-refractivity contribution in [2.24, 2.45) is 7.05 Å². The maximum atomic E-state index is 13.6. The van der Waals surface area contributed by atoms with Crippen LogP contribution in [0.5, 0.6) is 0 Å². The Morgan fingerprint density at radius 2 is 1.82 bits per heavy atom. The van der Waals surface area contributed by atoms with Crippen molar-refractivity contribution in [1.82, 2.24) is 14.9 Å². The highest BCUT2D eigenvalue weighted by Crippen LogP contribution is 2.40. The Labute approximate surface area is 189 Å². The van der Waals surface area contributed by atoms with Gasteiger partial charge in [-0.25, -0.2) is 4.98 Å². The number of amides is 1. The summed E-state index contributed by atoms with van der Waals surface area (Å²) in [4.78, 5) is 18.4. The minimum atomic E-state index is -4.94. The molecule has 1 atom stereocenters. The Balaban J connectivity index is 1.38. The summed E-state index contributed by atoms with van der Waals surface area (Å²) in [7, 11) is 1.38. The van der Waals surface area contributed by atoms with Crippen LogP contribution < -0.4 is 10.2 Å². The van der Waals surface area contributed by atoms with Gasteiger partial charge in [0, 0.05) is 56.7 Å². The van der Waals surface area contributed by atoms with Crippen molar-refractivity contribution in [2.75, 3.05) is 18.0 Å². The number of imidazole rings is 1. The molecule has 33 heavy (non-hydrogen) atoms. The van der Waals surface area contributed by atoms with Gasteiger partial charge in [0.05, 0.1) is 0 Å². The van der Waals surface area contributed by atoms with Crippen molar-refractivity contribution in [1.29, 1.82) is 0 Å². The van der Waals surface area contributed by atoms with Gasteiger partial charge in [-0.1, -0.05) is 24.3 Å². The normalized spacial score (nSPS) is 15.6. The smallest absolute Gasteiger partial charge is 0.374 e. The lowest BCUT2D eigenvalue weighted by atomic mass is 9.97. The van der Waals surface area contributed by atoms with Gasteiger partial charge in [0.15, 0.2) is 0 Å². The fourth-order valence-corrected chi connectivity index (χ4v) is 4.14. The van der Waals surface area contributed by atoms with Crippen molar-refractivity contribution >= 4 is 11.6 Å². The number of fused-ring (bicyclic) bond motifs is 1. The van der Waals surface area contributed by atoms with Gasteiger partial charge in [-0.2, -0.15) is 13.2 Å². The highest BCUT2D eigenvalue weighted by molar-refractivity contribution is 5.94. The van der Waals surface area contributed by atoms with Crippen LogP contribution >= 0.6 is 0 Å². The molecule has 0 spiro atoms. The third kappa shape index (κ3) is 4.59. The Bertz CT molecular complexity index is 1130. The van der Waals surface area contributed by atoms with Crippen LogP contribution in [0.25, 0.3) is 0 Å². The van der Waals surface area contributed by atoms with Crippen molar-refractivity contribution in [3.8, 4) is 0 Å². The Hall–Kier alpha value is -3.33. The minimum Gasteiger partial charge on any atom is -0.374 e. The first-order valence-corrected chi connectivity index (χ1v) is 10.7. The van der Waals surface area contributed by atoms with Crippen LogP contribution in [0.1, 0.15) is 33.7 Å². The Morgan fingerprint density at radius 3 is 2.45 bits per heavy atom. The van der Waals surface area contributed by atoms with Crippen LogP contribution in [0.2, 0.25) is 0 Å². The molecule has 1 aliphatic rings. The molecule has 0 fully saturated rings. The predicted octanol–water partition coefficient (Wildman–Crippen LogP) is 3.55. The van der Waals surface area contributed by atoms with Gasteiger partial charge in [-0.3, -0.25) is 4.79 Å². The molecule has 4 rings (SSSR count). The molecule has 1 unspecified atom stereocenters. The largest absolute Gasteiger partial charge is 0.424 e. The van der Waals surface area contributed by atoms with E-state index in [0.29, 0.717) is 5.56 Å². The van der Waals surface area contributed by atoms with Crippen LogP contribution in [0.3, 0.4) is 0 Å². The van der Waals surface area contributed by atoms with Gasteiger partial charge in [0.2, 0.25) is 5.60 Å². The summed E-state index contributed by atoms with van der Waals surface area (Å²) in [6.45, 7) is 1.28. The molecule has 0 radical (unpaired) electrons. The predicted molar refractivity (Wildman–Crippen MR) is 118 cm³/mol. The molecule has 0 aliphatic carbocycles. The molecule has 0 saturated carbocycles. The first-order chi connectivity index (χ1) is 15.7. The lowest BCUT2D eigenvalue weighted by Gasteiger charge is -2.31. The topological polar surface area (TPSA) is 70.4 Å². The number of hydrogen-bond acceptors (Lipinski definition) is 4. The second-order valence-corrected chi connectivity index (χ2v) is 8.21. The number of benzene rings is 2. The van der Waals surface area contributed by atoms with Crippen LogP contribution in [0, 0.1) is 0 Å². The van der Waals surface area contributed by atoms with Crippen LogP contribution in [0.4, 0.5) is 18.9 Å². The number of aromatic nitrogens is 2. The zero-order valence-corrected chi connectivity index (χ0v) is 18.1. The highest BCUT2D eigenvalue weighted by Gasteiger charge is 2.57. The quantitative estimate of drug-likeness (QED) is 0.593. The molecule has 2 aromatic carbocycles. The summed E-state index contributed by atoms with van der Waals surface area (Å²) < 4.78 is 41.9. The van der Waals surface area contributed by atoms with Gasteiger partial charge < -0.3 is 19.9 Å². The molecule has 9 heteroatoms. The number of carbonyl (C=O) groups excluding carboxylic acids is 1. The molecular formula is C24H25F3N4O2. The van der Waals surface area contributed by atoms with Crippen LogP contribution in [-0.4, -0.2) is 39.8 Å². The van der Waals surface area contributed by atoms with Crippen molar-refractivity contribution in [3.05, 3.63) is 83.4 Å². The number of nitrogens with zero attached hydrogens (tertiary/aromatic N) is 3. The molecule has 1 aliphatic heterocycles. The summed E-state index contributed by atoms with van der Waals surface area (Å²) in [5.41, 5.74) is 0.767. The van der Waals surface area contributed by atoms with E-state index in [-0.39, 0.29) is 6.54 Å². The second-order valence-electron chi connectivity index (χ2n) is 8.21. The SMILES string of the molecule is Cn1ccnc1C(O)(CCNC(=O)c1ccc(N2CCc3ccccc3C2)cc1)C(F)(F)F.